The molecule has 2 heterocycles. The Hall–Kier alpha value is -3.13. The van der Waals surface area contributed by atoms with Gasteiger partial charge < -0.3 is 5.32 Å². The van der Waals surface area contributed by atoms with Gasteiger partial charge in [-0.15, -0.1) is 0 Å². The summed E-state index contributed by atoms with van der Waals surface area (Å²) in [7, 11) is 0. The molecule has 1 aromatic heterocycles. The van der Waals surface area contributed by atoms with Gasteiger partial charge >= 0.3 is 6.18 Å². The van der Waals surface area contributed by atoms with Crippen molar-refractivity contribution in [3.63, 3.8) is 0 Å². The van der Waals surface area contributed by atoms with Crippen LogP contribution < -0.4 is 5.32 Å². The summed E-state index contributed by atoms with van der Waals surface area (Å²) in [5.74, 6) is -0.178. The second kappa shape index (κ2) is 9.16. The first-order valence-corrected chi connectivity index (χ1v) is 10.6. The van der Waals surface area contributed by atoms with Gasteiger partial charge in [-0.1, -0.05) is 30.3 Å². The highest BCUT2D eigenvalue weighted by atomic mass is 19.4. The summed E-state index contributed by atoms with van der Waals surface area (Å²) < 4.78 is 39.3. The number of hydrogen-bond donors (Lipinski definition) is 1. The van der Waals surface area contributed by atoms with Gasteiger partial charge in [0, 0.05) is 36.9 Å². The molecule has 8 heteroatoms. The average molecular weight is 442 g/mol. The second-order valence-corrected chi connectivity index (χ2v) is 8.06. The maximum Gasteiger partial charge on any atom is 0.435 e. The van der Waals surface area contributed by atoms with E-state index in [4.69, 9.17) is 0 Å². The van der Waals surface area contributed by atoms with E-state index in [1.165, 1.54) is 11.8 Å². The topological polar surface area (TPSA) is 50.2 Å². The zero-order valence-corrected chi connectivity index (χ0v) is 17.7. The number of likely N-dealkylation sites (tertiary alicyclic amines) is 1. The van der Waals surface area contributed by atoms with Crippen LogP contribution >= 0.6 is 0 Å². The molecule has 0 spiro atoms. The number of aromatic nitrogens is 2. The summed E-state index contributed by atoms with van der Waals surface area (Å²) in [6.45, 7) is 4.01. The van der Waals surface area contributed by atoms with Gasteiger partial charge in [-0.3, -0.25) is 9.69 Å². The fraction of sp³-hybridized carbons (Fsp3) is 0.333. The molecule has 2 aromatic carbocycles. The van der Waals surface area contributed by atoms with Crippen LogP contribution in [0.3, 0.4) is 0 Å². The van der Waals surface area contributed by atoms with Gasteiger partial charge in [-0.05, 0) is 55.7 Å². The van der Waals surface area contributed by atoms with E-state index >= 15 is 0 Å². The molecule has 1 atom stereocenters. The fourth-order valence-electron chi connectivity index (χ4n) is 4.03. The Morgan fingerprint density at radius 3 is 2.28 bits per heavy atom. The predicted molar refractivity (Wildman–Crippen MR) is 115 cm³/mol. The lowest BCUT2D eigenvalue weighted by atomic mass is 10.00. The zero-order valence-electron chi connectivity index (χ0n) is 17.7. The minimum atomic E-state index is -4.49. The number of rotatable bonds is 5. The van der Waals surface area contributed by atoms with Crippen LogP contribution in [0.2, 0.25) is 0 Å². The van der Waals surface area contributed by atoms with E-state index in [9.17, 15) is 18.0 Å². The van der Waals surface area contributed by atoms with Crippen molar-refractivity contribution in [1.82, 2.24) is 20.0 Å². The summed E-state index contributed by atoms with van der Waals surface area (Å²) in [5.41, 5.74) is 1.26. The number of nitrogens with one attached hydrogen (secondary N) is 1. The lowest BCUT2D eigenvalue weighted by Crippen LogP contribution is -2.45. The van der Waals surface area contributed by atoms with Gasteiger partial charge in [0.2, 0.25) is 0 Å². The Morgan fingerprint density at radius 1 is 1.03 bits per heavy atom. The van der Waals surface area contributed by atoms with Crippen molar-refractivity contribution in [1.29, 1.82) is 0 Å². The molecule has 1 amide bonds. The van der Waals surface area contributed by atoms with Gasteiger partial charge in [0.05, 0.1) is 5.69 Å². The third kappa shape index (κ3) is 5.02. The van der Waals surface area contributed by atoms with Crippen LogP contribution in [0.25, 0.3) is 5.69 Å². The largest absolute Gasteiger partial charge is 0.435 e. The number of benzene rings is 2. The first kappa shape index (κ1) is 22.1. The normalized spacial score (nSPS) is 16.6. The molecule has 0 bridgehead atoms. The first-order valence-electron chi connectivity index (χ1n) is 10.6. The molecular weight excluding hydrogens is 417 g/mol. The minimum absolute atomic E-state index is 0.0989. The molecule has 0 radical (unpaired) electrons. The van der Waals surface area contributed by atoms with E-state index in [2.05, 4.69) is 34.4 Å². The van der Waals surface area contributed by atoms with Gasteiger partial charge in [-0.2, -0.15) is 18.3 Å². The van der Waals surface area contributed by atoms with Crippen molar-refractivity contribution in [3.8, 4) is 5.69 Å². The quantitative estimate of drug-likeness (QED) is 0.615. The van der Waals surface area contributed by atoms with Crippen LogP contribution in [0.4, 0.5) is 13.2 Å². The molecule has 32 heavy (non-hydrogen) atoms. The zero-order chi connectivity index (χ0) is 22.7. The van der Waals surface area contributed by atoms with Gasteiger partial charge in [0.15, 0.2) is 5.69 Å². The minimum Gasteiger partial charge on any atom is -0.349 e. The Labute approximate surface area is 184 Å². The summed E-state index contributed by atoms with van der Waals surface area (Å²) in [6.07, 6.45) is -1.50. The Kier molecular flexibility index (Phi) is 6.32. The molecule has 1 saturated heterocycles. The van der Waals surface area contributed by atoms with Crippen LogP contribution in [-0.4, -0.2) is 39.7 Å². The lowest BCUT2D eigenvalue weighted by molar-refractivity contribution is -0.141. The van der Waals surface area contributed by atoms with E-state index in [-0.39, 0.29) is 11.9 Å². The first-order chi connectivity index (χ1) is 15.3. The maximum absolute atomic E-state index is 12.7. The van der Waals surface area contributed by atoms with Crippen molar-refractivity contribution in [3.05, 3.63) is 83.7 Å². The highest BCUT2D eigenvalue weighted by molar-refractivity contribution is 5.94. The van der Waals surface area contributed by atoms with Crippen molar-refractivity contribution in [2.24, 2.45) is 0 Å². The monoisotopic (exact) mass is 442 g/mol. The van der Waals surface area contributed by atoms with Crippen LogP contribution in [0.5, 0.6) is 0 Å². The fourth-order valence-corrected chi connectivity index (χ4v) is 4.03. The molecule has 1 N–H and O–H groups in total. The number of piperidine rings is 1. The van der Waals surface area contributed by atoms with E-state index in [0.29, 0.717) is 17.3 Å². The van der Waals surface area contributed by atoms with Crippen LogP contribution in [0.1, 0.15) is 47.4 Å². The highest BCUT2D eigenvalue weighted by Crippen LogP contribution is 2.28. The number of halogens is 3. The molecule has 1 unspecified atom stereocenters. The molecule has 4 rings (SSSR count). The summed E-state index contributed by atoms with van der Waals surface area (Å²) in [4.78, 5) is 15.1. The van der Waals surface area contributed by atoms with Gasteiger partial charge in [0.1, 0.15) is 0 Å². The molecule has 5 nitrogen and oxygen atoms in total. The van der Waals surface area contributed by atoms with Crippen LogP contribution in [-0.2, 0) is 6.18 Å². The lowest BCUT2D eigenvalue weighted by Gasteiger charge is -2.36. The van der Waals surface area contributed by atoms with Crippen LogP contribution in [0, 0.1) is 0 Å². The molecule has 3 aromatic rings. The van der Waals surface area contributed by atoms with Crippen molar-refractivity contribution >= 4 is 5.91 Å². The summed E-state index contributed by atoms with van der Waals surface area (Å²) in [5, 5.41) is 6.63. The van der Waals surface area contributed by atoms with E-state index in [1.807, 2.05) is 18.2 Å². The van der Waals surface area contributed by atoms with Crippen molar-refractivity contribution in [2.45, 2.75) is 38.0 Å². The van der Waals surface area contributed by atoms with Crippen LogP contribution in [0.15, 0.2) is 66.9 Å². The number of hydrogen-bond acceptors (Lipinski definition) is 3. The number of alkyl halides is 3. The molecule has 168 valence electrons. The van der Waals surface area contributed by atoms with Crippen molar-refractivity contribution < 1.29 is 18.0 Å². The number of amides is 1. The summed E-state index contributed by atoms with van der Waals surface area (Å²) >= 11 is 0. The molecule has 0 saturated carbocycles. The number of nitrogens with zero attached hydrogens (tertiary/aromatic N) is 3. The van der Waals surface area contributed by atoms with E-state index in [0.717, 1.165) is 36.7 Å². The molecule has 1 aliphatic rings. The third-order valence-corrected chi connectivity index (χ3v) is 5.97. The highest BCUT2D eigenvalue weighted by Gasteiger charge is 2.33. The summed E-state index contributed by atoms with van der Waals surface area (Å²) in [6, 6.07) is 18.1. The molecule has 0 aliphatic carbocycles. The Morgan fingerprint density at radius 2 is 1.69 bits per heavy atom. The van der Waals surface area contributed by atoms with E-state index < -0.39 is 11.9 Å². The Bertz CT molecular complexity index is 1040. The molecule has 1 aliphatic heterocycles. The van der Waals surface area contributed by atoms with Gasteiger partial charge in [0.25, 0.3) is 5.91 Å². The number of carbonyl (C=O) groups is 1. The Balaban J connectivity index is 1.31. The second-order valence-electron chi connectivity index (χ2n) is 8.06. The number of carbonyl (C=O) groups excluding carboxylic acids is 1. The standard InChI is InChI=1S/C24H25F3N4O/c1-17(18-5-3-2-4-6-18)30-14-11-20(12-15-30)28-23(32)19-7-9-21(10-8-19)31-16-13-22(29-31)24(25,26)27/h2-10,13,16-17,20H,11-12,14-15H2,1H3,(H,28,32). The molecular formula is C24H25F3N4O. The SMILES string of the molecule is CC(c1ccccc1)N1CCC(NC(=O)c2ccc(-n3ccc(C(F)(F)F)n3)cc2)CC1. The maximum atomic E-state index is 12.7. The van der Waals surface area contributed by atoms with E-state index in [1.54, 1.807) is 24.3 Å². The van der Waals surface area contributed by atoms with Crippen molar-refractivity contribution in [2.75, 3.05) is 13.1 Å². The third-order valence-electron chi connectivity index (χ3n) is 5.97. The van der Waals surface area contributed by atoms with Gasteiger partial charge in [-0.25, -0.2) is 4.68 Å². The smallest absolute Gasteiger partial charge is 0.349 e. The average Bonchev–Trinajstić information content (AvgIpc) is 3.31. The molecule has 1 fully saturated rings. The predicted octanol–water partition coefficient (Wildman–Crippen LogP) is 4.85.